The fraction of sp³-hybridized carbons (Fsp3) is 0.294. The predicted octanol–water partition coefficient (Wildman–Crippen LogP) is 2.34. The Hall–Kier alpha value is -3.30. The number of alkyl halides is 2. The molecular formula is C17H18F2N6O2. The molecule has 3 aromatic rings. The number of amides is 1. The lowest BCUT2D eigenvalue weighted by atomic mass is 10.1. The minimum atomic E-state index is -2.56. The van der Waals surface area contributed by atoms with Crippen LogP contribution in [0, 0.1) is 0 Å². The second-order valence-electron chi connectivity index (χ2n) is 5.86. The third-order valence-corrected chi connectivity index (χ3v) is 3.76. The number of aromatic nitrogens is 5. The highest BCUT2D eigenvalue weighted by molar-refractivity contribution is 5.96. The monoisotopic (exact) mass is 376 g/mol. The summed E-state index contributed by atoms with van der Waals surface area (Å²) < 4.78 is 33.6. The Morgan fingerprint density at radius 1 is 1.30 bits per heavy atom. The highest BCUT2D eigenvalue weighted by Crippen LogP contribution is 2.26. The molecule has 27 heavy (non-hydrogen) atoms. The second-order valence-corrected chi connectivity index (χ2v) is 5.86. The number of nitrogens with zero attached hydrogens (tertiary/aromatic N) is 6. The van der Waals surface area contributed by atoms with Gasteiger partial charge >= 0.3 is 0 Å². The first-order valence-corrected chi connectivity index (χ1v) is 8.10. The quantitative estimate of drug-likeness (QED) is 0.633. The van der Waals surface area contributed by atoms with Crippen molar-refractivity contribution in [3.05, 3.63) is 54.4 Å². The van der Waals surface area contributed by atoms with E-state index in [0.717, 1.165) is 4.68 Å². The third kappa shape index (κ3) is 4.46. The summed E-state index contributed by atoms with van der Waals surface area (Å²) in [6, 6.07) is 6.78. The molecule has 0 aliphatic rings. The van der Waals surface area contributed by atoms with Crippen LogP contribution in [0.3, 0.4) is 0 Å². The molecule has 8 nitrogen and oxygen atoms in total. The zero-order chi connectivity index (χ0) is 19.4. The third-order valence-electron chi connectivity index (χ3n) is 3.76. The van der Waals surface area contributed by atoms with Crippen LogP contribution >= 0.6 is 0 Å². The maximum atomic E-state index is 12.8. The summed E-state index contributed by atoms with van der Waals surface area (Å²) in [4.78, 5) is 18.2. The lowest BCUT2D eigenvalue weighted by Crippen LogP contribution is -2.28. The predicted molar refractivity (Wildman–Crippen MR) is 91.5 cm³/mol. The van der Waals surface area contributed by atoms with E-state index in [1.807, 2.05) is 0 Å². The molecule has 1 aromatic carbocycles. The maximum absolute atomic E-state index is 12.8. The summed E-state index contributed by atoms with van der Waals surface area (Å²) in [6.45, 7) is -0.537. The van der Waals surface area contributed by atoms with Crippen LogP contribution in [0.5, 0.6) is 11.5 Å². The molecule has 0 saturated heterocycles. The minimum Gasteiger partial charge on any atom is -0.453 e. The van der Waals surface area contributed by atoms with E-state index in [1.54, 1.807) is 49.2 Å². The number of carbonyl (C=O) groups excluding carboxylic acids is 1. The SMILES string of the molecule is CN(Cc1ncnn1CC(F)F)C(=O)c1ccccc1Oc1cnn(C)c1. The number of rotatable bonds is 7. The number of aryl methyl sites for hydroxylation is 1. The van der Waals surface area contributed by atoms with Crippen LogP contribution in [-0.2, 0) is 20.1 Å². The molecule has 2 heterocycles. The summed E-state index contributed by atoms with van der Waals surface area (Å²) in [5.74, 6) is 0.811. The van der Waals surface area contributed by atoms with Gasteiger partial charge in [0.05, 0.1) is 24.5 Å². The minimum absolute atomic E-state index is 0.0345. The Bertz CT molecular complexity index is 924. The van der Waals surface area contributed by atoms with Gasteiger partial charge in [0.2, 0.25) is 0 Å². The molecule has 0 saturated carbocycles. The van der Waals surface area contributed by atoms with Gasteiger partial charge in [-0.1, -0.05) is 12.1 Å². The number of ether oxygens (including phenoxy) is 1. The molecule has 10 heteroatoms. The lowest BCUT2D eigenvalue weighted by molar-refractivity contribution is 0.0773. The average molecular weight is 376 g/mol. The van der Waals surface area contributed by atoms with Gasteiger partial charge in [0.25, 0.3) is 12.3 Å². The van der Waals surface area contributed by atoms with Crippen LogP contribution in [-0.4, -0.2) is 48.8 Å². The van der Waals surface area contributed by atoms with Crippen LogP contribution in [0.25, 0.3) is 0 Å². The highest BCUT2D eigenvalue weighted by Gasteiger charge is 2.20. The van der Waals surface area contributed by atoms with Crippen molar-refractivity contribution < 1.29 is 18.3 Å². The average Bonchev–Trinajstić information content (AvgIpc) is 3.23. The highest BCUT2D eigenvalue weighted by atomic mass is 19.3. The van der Waals surface area contributed by atoms with Crippen LogP contribution in [0.1, 0.15) is 16.2 Å². The first-order chi connectivity index (χ1) is 12.9. The molecule has 0 N–H and O–H groups in total. The molecule has 0 aliphatic carbocycles. The normalized spacial score (nSPS) is 11.0. The van der Waals surface area contributed by atoms with Crippen LogP contribution < -0.4 is 4.74 Å². The van der Waals surface area contributed by atoms with Gasteiger partial charge in [0.1, 0.15) is 24.4 Å². The summed E-state index contributed by atoms with van der Waals surface area (Å²) in [5.41, 5.74) is 0.337. The summed E-state index contributed by atoms with van der Waals surface area (Å²) >= 11 is 0. The van der Waals surface area contributed by atoms with E-state index in [4.69, 9.17) is 4.74 Å². The standard InChI is InChI=1S/C17H18F2N6O2/c1-23(10-16-20-11-22-25(16)9-15(18)19)17(26)13-5-3-4-6-14(13)27-12-7-21-24(2)8-12/h3-8,11,15H,9-10H2,1-2H3. The van der Waals surface area contributed by atoms with Crippen LogP contribution in [0.2, 0.25) is 0 Å². The van der Waals surface area contributed by atoms with Gasteiger partial charge < -0.3 is 9.64 Å². The molecular weight excluding hydrogens is 358 g/mol. The summed E-state index contributed by atoms with van der Waals surface area (Å²) in [5, 5.41) is 7.79. The van der Waals surface area contributed by atoms with Crippen LogP contribution in [0.4, 0.5) is 8.78 Å². The van der Waals surface area contributed by atoms with Crippen LogP contribution in [0.15, 0.2) is 43.0 Å². The molecule has 2 aromatic heterocycles. The molecule has 0 aliphatic heterocycles. The summed E-state index contributed by atoms with van der Waals surface area (Å²) in [6.07, 6.45) is 1.85. The first kappa shape index (κ1) is 18.5. The van der Waals surface area contributed by atoms with Crippen molar-refractivity contribution in [3.8, 4) is 11.5 Å². The van der Waals surface area contributed by atoms with E-state index in [2.05, 4.69) is 15.2 Å². The van der Waals surface area contributed by atoms with Gasteiger partial charge in [-0.15, -0.1) is 0 Å². The van der Waals surface area contributed by atoms with E-state index in [-0.39, 0.29) is 18.3 Å². The van der Waals surface area contributed by atoms with E-state index in [1.165, 1.54) is 17.4 Å². The number of para-hydroxylation sites is 1. The number of carbonyl (C=O) groups is 1. The van der Waals surface area contributed by atoms with Crippen molar-refractivity contribution in [1.82, 2.24) is 29.4 Å². The Balaban J connectivity index is 1.76. The molecule has 142 valence electrons. The number of halogens is 2. The molecule has 0 fully saturated rings. The van der Waals surface area contributed by atoms with Crippen molar-refractivity contribution in [1.29, 1.82) is 0 Å². The fourth-order valence-electron chi connectivity index (χ4n) is 2.49. The molecule has 3 rings (SSSR count). The topological polar surface area (TPSA) is 78.1 Å². The molecule has 0 atom stereocenters. The molecule has 1 amide bonds. The first-order valence-electron chi connectivity index (χ1n) is 8.10. The van der Waals surface area contributed by atoms with Crippen molar-refractivity contribution in [2.75, 3.05) is 7.05 Å². The van der Waals surface area contributed by atoms with E-state index in [9.17, 15) is 13.6 Å². The van der Waals surface area contributed by atoms with Crippen molar-refractivity contribution >= 4 is 5.91 Å². The molecule has 0 radical (unpaired) electrons. The van der Waals surface area contributed by atoms with Gasteiger partial charge in [-0.05, 0) is 12.1 Å². The zero-order valence-electron chi connectivity index (χ0n) is 14.8. The maximum Gasteiger partial charge on any atom is 0.257 e. The van der Waals surface area contributed by atoms with Gasteiger partial charge in [-0.3, -0.25) is 9.48 Å². The van der Waals surface area contributed by atoms with Crippen molar-refractivity contribution in [2.24, 2.45) is 7.05 Å². The van der Waals surface area contributed by atoms with E-state index < -0.39 is 13.0 Å². The number of hydrogen-bond donors (Lipinski definition) is 0. The largest absolute Gasteiger partial charge is 0.453 e. The Morgan fingerprint density at radius 2 is 2.07 bits per heavy atom. The Morgan fingerprint density at radius 3 is 2.78 bits per heavy atom. The van der Waals surface area contributed by atoms with Gasteiger partial charge in [-0.25, -0.2) is 18.4 Å². The van der Waals surface area contributed by atoms with Gasteiger partial charge in [-0.2, -0.15) is 10.2 Å². The summed E-state index contributed by atoms with van der Waals surface area (Å²) in [7, 11) is 3.32. The van der Waals surface area contributed by atoms with Crippen molar-refractivity contribution in [2.45, 2.75) is 19.5 Å². The lowest BCUT2D eigenvalue weighted by Gasteiger charge is -2.18. The van der Waals surface area contributed by atoms with E-state index in [0.29, 0.717) is 17.1 Å². The van der Waals surface area contributed by atoms with Gasteiger partial charge in [0.15, 0.2) is 5.75 Å². The Labute approximate surface area is 154 Å². The van der Waals surface area contributed by atoms with Gasteiger partial charge in [0, 0.05) is 14.1 Å². The second kappa shape index (κ2) is 7.94. The molecule has 0 spiro atoms. The molecule has 0 bridgehead atoms. The number of benzene rings is 1. The number of hydrogen-bond acceptors (Lipinski definition) is 5. The smallest absolute Gasteiger partial charge is 0.257 e. The fourth-order valence-corrected chi connectivity index (χ4v) is 2.49. The van der Waals surface area contributed by atoms with Crippen molar-refractivity contribution in [3.63, 3.8) is 0 Å². The molecule has 0 unspecified atom stereocenters. The Kier molecular flexibility index (Phi) is 5.43. The zero-order valence-corrected chi connectivity index (χ0v) is 14.8. The van der Waals surface area contributed by atoms with E-state index >= 15 is 0 Å².